The number of hydrogen-bond acceptors (Lipinski definition) is 6. The largest absolute Gasteiger partial charge is 0.497 e. The van der Waals surface area contributed by atoms with E-state index in [9.17, 15) is 0 Å². The number of methoxy groups -OCH3 is 1. The van der Waals surface area contributed by atoms with E-state index < -0.39 is 0 Å². The van der Waals surface area contributed by atoms with E-state index in [4.69, 9.17) is 21.5 Å². The summed E-state index contributed by atoms with van der Waals surface area (Å²) in [4.78, 5) is 5.67. The molecule has 0 saturated heterocycles. The highest BCUT2D eigenvalue weighted by Crippen LogP contribution is 2.23. The normalized spacial score (nSPS) is 10.5. The predicted molar refractivity (Wildman–Crippen MR) is 132 cm³/mol. The SMILES string of the molecule is COc1cccc(-c2noc(CNC(=S)Nc3ccc(CSc4ccccc4)cc3)n2)c1. The topological polar surface area (TPSA) is 72.2 Å². The van der Waals surface area contributed by atoms with Crippen molar-refractivity contribution in [3.05, 3.63) is 90.3 Å². The minimum atomic E-state index is 0.328. The summed E-state index contributed by atoms with van der Waals surface area (Å²) < 4.78 is 10.6. The lowest BCUT2D eigenvalue weighted by Crippen LogP contribution is -2.28. The number of ether oxygens (including phenoxy) is 1. The average molecular weight is 463 g/mol. The molecule has 0 amide bonds. The first-order valence-corrected chi connectivity index (χ1v) is 11.4. The van der Waals surface area contributed by atoms with Gasteiger partial charge in [0, 0.05) is 21.9 Å². The van der Waals surface area contributed by atoms with Gasteiger partial charge in [-0.25, -0.2) is 0 Å². The fourth-order valence-electron chi connectivity index (χ4n) is 2.90. The van der Waals surface area contributed by atoms with Crippen molar-refractivity contribution >= 4 is 34.8 Å². The fraction of sp³-hybridized carbons (Fsp3) is 0.125. The Bertz CT molecular complexity index is 1160. The first-order chi connectivity index (χ1) is 15.7. The van der Waals surface area contributed by atoms with Gasteiger partial charge in [0.25, 0.3) is 0 Å². The van der Waals surface area contributed by atoms with Crippen molar-refractivity contribution in [1.29, 1.82) is 0 Å². The highest BCUT2D eigenvalue weighted by Gasteiger charge is 2.10. The maximum atomic E-state index is 5.38. The number of thiocarbonyl (C=S) groups is 1. The molecule has 0 saturated carbocycles. The van der Waals surface area contributed by atoms with Crippen LogP contribution in [0.1, 0.15) is 11.5 Å². The Morgan fingerprint density at radius 3 is 2.62 bits per heavy atom. The minimum absolute atomic E-state index is 0.328. The van der Waals surface area contributed by atoms with Crippen LogP contribution in [0, 0.1) is 0 Å². The Labute approximate surface area is 196 Å². The van der Waals surface area contributed by atoms with Crippen LogP contribution in [0.4, 0.5) is 5.69 Å². The van der Waals surface area contributed by atoms with E-state index in [2.05, 4.69) is 57.2 Å². The van der Waals surface area contributed by atoms with Crippen LogP contribution < -0.4 is 15.4 Å². The molecule has 0 aliphatic heterocycles. The van der Waals surface area contributed by atoms with Crippen molar-refractivity contribution < 1.29 is 9.26 Å². The number of nitrogens with one attached hydrogen (secondary N) is 2. The molecule has 0 radical (unpaired) electrons. The molecule has 8 heteroatoms. The van der Waals surface area contributed by atoms with Crippen molar-refractivity contribution in [2.45, 2.75) is 17.2 Å². The van der Waals surface area contributed by atoms with E-state index in [0.717, 1.165) is 22.8 Å². The number of thioether (sulfide) groups is 1. The third kappa shape index (κ3) is 6.09. The molecule has 4 aromatic rings. The Morgan fingerprint density at radius 1 is 1.03 bits per heavy atom. The van der Waals surface area contributed by atoms with Crippen molar-refractivity contribution in [3.8, 4) is 17.1 Å². The molecular weight excluding hydrogens is 440 g/mol. The first kappa shape index (κ1) is 21.9. The van der Waals surface area contributed by atoms with E-state index in [1.165, 1.54) is 10.5 Å². The third-order valence-electron chi connectivity index (χ3n) is 4.56. The average Bonchev–Trinajstić information content (AvgIpc) is 3.32. The van der Waals surface area contributed by atoms with Crippen LogP contribution in [0.25, 0.3) is 11.4 Å². The Morgan fingerprint density at radius 2 is 1.84 bits per heavy atom. The van der Waals surface area contributed by atoms with Gasteiger partial charge in [-0.15, -0.1) is 11.8 Å². The molecule has 0 atom stereocenters. The quantitative estimate of drug-likeness (QED) is 0.262. The molecule has 0 spiro atoms. The number of rotatable bonds is 8. The van der Waals surface area contributed by atoms with Gasteiger partial charge in [0.15, 0.2) is 5.11 Å². The molecule has 2 N–H and O–H groups in total. The van der Waals surface area contributed by atoms with Gasteiger partial charge in [-0.3, -0.25) is 0 Å². The summed E-state index contributed by atoms with van der Waals surface area (Å²) in [7, 11) is 1.62. The van der Waals surface area contributed by atoms with Crippen LogP contribution in [-0.2, 0) is 12.3 Å². The summed E-state index contributed by atoms with van der Waals surface area (Å²) in [5, 5.41) is 10.8. The highest BCUT2D eigenvalue weighted by molar-refractivity contribution is 7.98. The van der Waals surface area contributed by atoms with Gasteiger partial charge in [0.05, 0.1) is 13.7 Å². The van der Waals surface area contributed by atoms with E-state index >= 15 is 0 Å². The lowest BCUT2D eigenvalue weighted by Gasteiger charge is -2.09. The lowest BCUT2D eigenvalue weighted by molar-refractivity contribution is 0.376. The number of hydrogen-bond donors (Lipinski definition) is 2. The molecule has 0 fully saturated rings. The Hall–Kier alpha value is -3.36. The third-order valence-corrected chi connectivity index (χ3v) is 5.89. The first-order valence-electron chi connectivity index (χ1n) is 9.98. The molecular formula is C24H22N4O2S2. The second kappa shape index (κ2) is 10.8. The van der Waals surface area contributed by atoms with E-state index in [1.54, 1.807) is 7.11 Å². The van der Waals surface area contributed by atoms with Gasteiger partial charge in [0.1, 0.15) is 5.75 Å². The lowest BCUT2D eigenvalue weighted by atomic mass is 10.2. The van der Waals surface area contributed by atoms with Crippen molar-refractivity contribution in [1.82, 2.24) is 15.5 Å². The molecule has 0 bridgehead atoms. The minimum Gasteiger partial charge on any atom is -0.497 e. The predicted octanol–water partition coefficient (Wildman–Crippen LogP) is 5.52. The summed E-state index contributed by atoms with van der Waals surface area (Å²) in [6, 6.07) is 26.1. The van der Waals surface area contributed by atoms with Crippen LogP contribution in [0.5, 0.6) is 5.75 Å². The van der Waals surface area contributed by atoms with E-state index in [1.807, 2.05) is 54.2 Å². The second-order valence-electron chi connectivity index (χ2n) is 6.85. The van der Waals surface area contributed by atoms with Gasteiger partial charge in [-0.05, 0) is 54.2 Å². The van der Waals surface area contributed by atoms with E-state index in [0.29, 0.717) is 23.4 Å². The van der Waals surface area contributed by atoms with E-state index in [-0.39, 0.29) is 0 Å². The van der Waals surface area contributed by atoms with Crippen molar-refractivity contribution in [3.63, 3.8) is 0 Å². The number of aromatic nitrogens is 2. The number of benzene rings is 3. The molecule has 0 unspecified atom stereocenters. The summed E-state index contributed by atoms with van der Waals surface area (Å²) in [5.41, 5.74) is 2.99. The molecule has 1 aromatic heterocycles. The molecule has 0 aliphatic carbocycles. The molecule has 162 valence electrons. The zero-order valence-corrected chi connectivity index (χ0v) is 19.1. The number of anilines is 1. The van der Waals surface area contributed by atoms with Gasteiger partial charge in [-0.2, -0.15) is 4.98 Å². The monoisotopic (exact) mass is 462 g/mol. The summed E-state index contributed by atoms with van der Waals surface area (Å²) in [6.45, 7) is 0.328. The van der Waals surface area contributed by atoms with Gasteiger partial charge in [-0.1, -0.05) is 47.6 Å². The molecule has 4 rings (SSSR count). The van der Waals surface area contributed by atoms with Crippen molar-refractivity contribution in [2.24, 2.45) is 0 Å². The standard InChI is InChI=1S/C24H22N4O2S2/c1-29-20-7-5-6-18(14-20)23-27-22(30-28-23)15-25-24(31)26-19-12-10-17(11-13-19)16-32-21-8-3-2-4-9-21/h2-14H,15-16H2,1H3,(H2,25,26,31). The molecule has 3 aromatic carbocycles. The Kier molecular flexibility index (Phi) is 7.37. The molecule has 6 nitrogen and oxygen atoms in total. The maximum absolute atomic E-state index is 5.38. The number of nitrogens with zero attached hydrogens (tertiary/aromatic N) is 2. The fourth-order valence-corrected chi connectivity index (χ4v) is 3.97. The smallest absolute Gasteiger partial charge is 0.246 e. The zero-order chi connectivity index (χ0) is 22.2. The summed E-state index contributed by atoms with van der Waals surface area (Å²) in [5.74, 6) is 2.60. The van der Waals surface area contributed by atoms with Gasteiger partial charge in [0.2, 0.25) is 11.7 Å². The maximum Gasteiger partial charge on any atom is 0.246 e. The zero-order valence-electron chi connectivity index (χ0n) is 17.4. The van der Waals surface area contributed by atoms with Gasteiger partial charge < -0.3 is 19.9 Å². The Balaban J connectivity index is 1.25. The second-order valence-corrected chi connectivity index (χ2v) is 8.31. The van der Waals surface area contributed by atoms with Crippen LogP contribution in [0.3, 0.4) is 0 Å². The van der Waals surface area contributed by atoms with Gasteiger partial charge >= 0.3 is 0 Å². The van der Waals surface area contributed by atoms with Crippen LogP contribution in [0.2, 0.25) is 0 Å². The molecule has 0 aliphatic rings. The molecule has 32 heavy (non-hydrogen) atoms. The molecule has 1 heterocycles. The highest BCUT2D eigenvalue weighted by atomic mass is 32.2. The van der Waals surface area contributed by atoms with Crippen LogP contribution >= 0.6 is 24.0 Å². The van der Waals surface area contributed by atoms with Crippen LogP contribution in [-0.4, -0.2) is 22.4 Å². The summed E-state index contributed by atoms with van der Waals surface area (Å²) >= 11 is 7.20. The van der Waals surface area contributed by atoms with Crippen LogP contribution in [0.15, 0.2) is 88.3 Å². The summed E-state index contributed by atoms with van der Waals surface area (Å²) in [6.07, 6.45) is 0. The van der Waals surface area contributed by atoms with Crippen molar-refractivity contribution in [2.75, 3.05) is 12.4 Å².